The van der Waals surface area contributed by atoms with E-state index in [1.54, 1.807) is 29.7 Å². The molecule has 2 aliphatic rings. The molecule has 0 radical (unpaired) electrons. The molecule has 27 heavy (non-hydrogen) atoms. The largest absolute Gasteiger partial charge is 0.459 e. The Morgan fingerprint density at radius 2 is 1.96 bits per heavy atom. The van der Waals surface area contributed by atoms with Gasteiger partial charge in [-0.25, -0.2) is 0 Å². The van der Waals surface area contributed by atoms with Crippen molar-refractivity contribution in [3.63, 3.8) is 0 Å². The van der Waals surface area contributed by atoms with Crippen molar-refractivity contribution in [2.45, 2.75) is 26.8 Å². The minimum atomic E-state index is -0.0552. The summed E-state index contributed by atoms with van der Waals surface area (Å²) in [5.74, 6) is 0.347. The maximum absolute atomic E-state index is 13.0. The van der Waals surface area contributed by atoms with Gasteiger partial charge < -0.3 is 9.15 Å². The molecule has 2 aliphatic heterocycles. The van der Waals surface area contributed by atoms with Gasteiger partial charge in [0.05, 0.1) is 26.1 Å². The van der Waals surface area contributed by atoms with Gasteiger partial charge in [0.2, 0.25) is 0 Å². The van der Waals surface area contributed by atoms with E-state index in [4.69, 9.17) is 9.15 Å². The SMILES string of the molecule is Cc1sc2c(c1C)CN(CCCN1CCOCC1)CN2C(=O)c1ccco1. The Morgan fingerprint density at radius 1 is 1.19 bits per heavy atom. The van der Waals surface area contributed by atoms with E-state index in [1.165, 1.54) is 16.0 Å². The number of ether oxygens (including phenoxy) is 1. The van der Waals surface area contributed by atoms with Crippen LogP contribution in [-0.4, -0.2) is 61.8 Å². The summed E-state index contributed by atoms with van der Waals surface area (Å²) in [4.78, 5) is 21.0. The summed E-state index contributed by atoms with van der Waals surface area (Å²) in [6, 6.07) is 3.51. The second kappa shape index (κ2) is 8.14. The van der Waals surface area contributed by atoms with Gasteiger partial charge >= 0.3 is 0 Å². The fourth-order valence-corrected chi connectivity index (χ4v) is 4.94. The van der Waals surface area contributed by atoms with Crippen LogP contribution in [0.3, 0.4) is 0 Å². The first kappa shape index (κ1) is 18.7. The number of aryl methyl sites for hydroxylation is 1. The summed E-state index contributed by atoms with van der Waals surface area (Å²) in [5, 5.41) is 1.08. The Bertz CT molecular complexity index is 781. The number of fused-ring (bicyclic) bond motifs is 1. The number of amides is 1. The van der Waals surface area contributed by atoms with Crippen molar-refractivity contribution in [3.8, 4) is 0 Å². The first-order valence-electron chi connectivity index (χ1n) is 9.60. The number of rotatable bonds is 5. The fraction of sp³-hybridized carbons (Fsp3) is 0.550. The van der Waals surface area contributed by atoms with Gasteiger partial charge in [-0.2, -0.15) is 0 Å². The summed E-state index contributed by atoms with van der Waals surface area (Å²) in [7, 11) is 0. The van der Waals surface area contributed by atoms with Crippen LogP contribution in [0, 0.1) is 13.8 Å². The summed E-state index contributed by atoms with van der Waals surface area (Å²) >= 11 is 1.71. The highest BCUT2D eigenvalue weighted by molar-refractivity contribution is 7.16. The minimum absolute atomic E-state index is 0.0552. The lowest BCUT2D eigenvalue weighted by molar-refractivity contribution is 0.0359. The zero-order valence-electron chi connectivity index (χ0n) is 16.1. The molecular formula is C20H27N3O3S. The first-order chi connectivity index (χ1) is 13.1. The molecular weight excluding hydrogens is 362 g/mol. The van der Waals surface area contributed by atoms with E-state index in [1.807, 2.05) is 4.90 Å². The maximum Gasteiger partial charge on any atom is 0.295 e. The molecule has 0 unspecified atom stereocenters. The lowest BCUT2D eigenvalue weighted by Gasteiger charge is -2.36. The second-order valence-corrected chi connectivity index (χ2v) is 8.48. The Morgan fingerprint density at radius 3 is 2.70 bits per heavy atom. The third-order valence-electron chi connectivity index (χ3n) is 5.49. The van der Waals surface area contributed by atoms with Crippen LogP contribution in [0.2, 0.25) is 0 Å². The zero-order valence-corrected chi connectivity index (χ0v) is 16.9. The van der Waals surface area contributed by atoms with Crippen molar-refractivity contribution in [2.75, 3.05) is 51.0 Å². The first-order valence-corrected chi connectivity index (χ1v) is 10.4. The smallest absolute Gasteiger partial charge is 0.295 e. The number of morpholine rings is 1. The molecule has 1 fully saturated rings. The predicted molar refractivity (Wildman–Crippen MR) is 106 cm³/mol. The molecule has 4 heterocycles. The van der Waals surface area contributed by atoms with Crippen LogP contribution < -0.4 is 4.90 Å². The van der Waals surface area contributed by atoms with Gasteiger partial charge in [0.15, 0.2) is 5.76 Å². The molecule has 7 heteroatoms. The second-order valence-electron chi connectivity index (χ2n) is 7.28. The molecule has 0 saturated carbocycles. The molecule has 1 amide bonds. The number of carbonyl (C=O) groups is 1. The summed E-state index contributed by atoms with van der Waals surface area (Å²) in [6.07, 6.45) is 2.66. The maximum atomic E-state index is 13.0. The highest BCUT2D eigenvalue weighted by Crippen LogP contribution is 2.39. The molecule has 0 N–H and O–H groups in total. The molecule has 0 atom stereocenters. The number of carbonyl (C=O) groups excluding carboxylic acids is 1. The average molecular weight is 390 g/mol. The van der Waals surface area contributed by atoms with Crippen molar-refractivity contribution < 1.29 is 13.9 Å². The number of hydrogen-bond acceptors (Lipinski definition) is 6. The predicted octanol–water partition coefficient (Wildman–Crippen LogP) is 3.10. The lowest BCUT2D eigenvalue weighted by Crippen LogP contribution is -2.46. The van der Waals surface area contributed by atoms with Gasteiger partial charge in [0, 0.05) is 36.6 Å². The lowest BCUT2D eigenvalue weighted by atomic mass is 10.1. The summed E-state index contributed by atoms with van der Waals surface area (Å²) < 4.78 is 10.8. The van der Waals surface area contributed by atoms with Crippen LogP contribution in [0.4, 0.5) is 5.00 Å². The van der Waals surface area contributed by atoms with Gasteiger partial charge in [-0.15, -0.1) is 11.3 Å². The average Bonchev–Trinajstić information content (AvgIpc) is 3.31. The van der Waals surface area contributed by atoms with E-state index in [2.05, 4.69) is 23.6 Å². The van der Waals surface area contributed by atoms with Crippen LogP contribution in [0.25, 0.3) is 0 Å². The van der Waals surface area contributed by atoms with Crippen molar-refractivity contribution in [3.05, 3.63) is 40.2 Å². The van der Waals surface area contributed by atoms with Gasteiger partial charge in [-0.1, -0.05) is 0 Å². The van der Waals surface area contributed by atoms with E-state index in [9.17, 15) is 4.79 Å². The van der Waals surface area contributed by atoms with Crippen LogP contribution in [0.5, 0.6) is 0 Å². The third kappa shape index (κ3) is 3.96. The van der Waals surface area contributed by atoms with Crippen molar-refractivity contribution in [2.24, 2.45) is 0 Å². The van der Waals surface area contributed by atoms with Crippen LogP contribution in [0.15, 0.2) is 22.8 Å². The minimum Gasteiger partial charge on any atom is -0.459 e. The molecule has 6 nitrogen and oxygen atoms in total. The van der Waals surface area contributed by atoms with Crippen LogP contribution in [0.1, 0.15) is 33.0 Å². The van der Waals surface area contributed by atoms with Gasteiger partial charge in [0.1, 0.15) is 5.00 Å². The van der Waals surface area contributed by atoms with Gasteiger partial charge in [0.25, 0.3) is 5.91 Å². The third-order valence-corrected chi connectivity index (χ3v) is 6.76. The quantitative estimate of drug-likeness (QED) is 0.786. The highest BCUT2D eigenvalue weighted by Gasteiger charge is 2.32. The van der Waals surface area contributed by atoms with Crippen molar-refractivity contribution in [1.29, 1.82) is 0 Å². The van der Waals surface area contributed by atoms with E-state index in [0.29, 0.717) is 12.4 Å². The molecule has 2 aromatic rings. The molecule has 0 aromatic carbocycles. The Hall–Kier alpha value is -1.67. The number of nitrogens with zero attached hydrogens (tertiary/aromatic N) is 3. The van der Waals surface area contributed by atoms with E-state index in [-0.39, 0.29) is 5.91 Å². The molecule has 0 spiro atoms. The van der Waals surface area contributed by atoms with Gasteiger partial charge in [-0.05, 0) is 44.5 Å². The Labute approximate surface area is 164 Å². The molecule has 0 aliphatic carbocycles. The zero-order chi connectivity index (χ0) is 18.8. The number of thiophene rings is 1. The molecule has 146 valence electrons. The summed E-state index contributed by atoms with van der Waals surface area (Å²) in [6.45, 7) is 11.6. The number of hydrogen-bond donors (Lipinski definition) is 0. The number of anilines is 1. The van der Waals surface area contributed by atoms with Gasteiger partial charge in [-0.3, -0.25) is 19.5 Å². The van der Waals surface area contributed by atoms with E-state index < -0.39 is 0 Å². The number of furan rings is 1. The normalized spacial score (nSPS) is 18.7. The fourth-order valence-electron chi connectivity index (χ4n) is 3.78. The van der Waals surface area contributed by atoms with E-state index >= 15 is 0 Å². The Kier molecular flexibility index (Phi) is 5.63. The summed E-state index contributed by atoms with van der Waals surface area (Å²) in [5.41, 5.74) is 2.60. The molecule has 4 rings (SSSR count). The Balaban J connectivity index is 1.46. The molecule has 2 aromatic heterocycles. The standard InChI is InChI=1S/C20H27N3O3S/c1-15-16(2)27-20-17(15)13-22(7-4-6-21-8-11-25-12-9-21)14-23(20)19(24)18-5-3-10-26-18/h3,5,10H,4,6-9,11-14H2,1-2H3. The monoisotopic (exact) mass is 389 g/mol. The van der Waals surface area contributed by atoms with E-state index in [0.717, 1.165) is 57.4 Å². The molecule has 0 bridgehead atoms. The molecule has 1 saturated heterocycles. The van der Waals surface area contributed by atoms with Crippen molar-refractivity contribution in [1.82, 2.24) is 9.80 Å². The van der Waals surface area contributed by atoms with Crippen molar-refractivity contribution >= 4 is 22.2 Å². The van der Waals surface area contributed by atoms with Crippen LogP contribution in [-0.2, 0) is 11.3 Å². The topological polar surface area (TPSA) is 49.2 Å². The van der Waals surface area contributed by atoms with Crippen LogP contribution >= 0.6 is 11.3 Å². The highest BCUT2D eigenvalue weighted by atomic mass is 32.1.